The topological polar surface area (TPSA) is 102 Å². The summed E-state index contributed by atoms with van der Waals surface area (Å²) in [6.45, 7) is -0.0376. The summed E-state index contributed by atoms with van der Waals surface area (Å²) >= 11 is 0. The van der Waals surface area contributed by atoms with E-state index in [1.807, 2.05) is 30.3 Å². The van der Waals surface area contributed by atoms with Crippen LogP contribution in [0.3, 0.4) is 0 Å². The second-order valence-corrected chi connectivity index (χ2v) is 7.59. The molecule has 0 radical (unpaired) electrons. The molecule has 4 aromatic rings. The van der Waals surface area contributed by atoms with E-state index >= 15 is 0 Å². The van der Waals surface area contributed by atoms with Crippen LogP contribution in [0.4, 0.5) is 0 Å². The van der Waals surface area contributed by atoms with Crippen molar-refractivity contribution >= 4 is 21.0 Å². The van der Waals surface area contributed by atoms with Crippen LogP contribution in [-0.4, -0.2) is 13.6 Å². The van der Waals surface area contributed by atoms with E-state index in [-0.39, 0.29) is 11.4 Å². The van der Waals surface area contributed by atoms with Crippen LogP contribution in [0.5, 0.6) is 0 Å². The highest BCUT2D eigenvalue weighted by Crippen LogP contribution is 2.20. The molecular weight excluding hydrogens is 368 g/mol. The smallest absolute Gasteiger partial charge is 0.336 e. The van der Waals surface area contributed by atoms with E-state index in [1.165, 1.54) is 30.3 Å². The summed E-state index contributed by atoms with van der Waals surface area (Å²) in [4.78, 5) is 11.3. The minimum atomic E-state index is -3.77. The SMILES string of the molecule is O=c1ccc2cc(S(=O)(=O)NCc3cc(-c4ccccc4)no3)ccc2o1. The van der Waals surface area contributed by atoms with Gasteiger partial charge in [0.25, 0.3) is 0 Å². The largest absolute Gasteiger partial charge is 0.423 e. The lowest BCUT2D eigenvalue weighted by Gasteiger charge is -2.05. The predicted octanol–water partition coefficient (Wildman–Crippen LogP) is 2.93. The molecule has 0 aliphatic carbocycles. The molecule has 2 aromatic heterocycles. The molecule has 8 heteroatoms. The lowest BCUT2D eigenvalue weighted by molar-refractivity contribution is 0.382. The number of nitrogens with one attached hydrogen (secondary N) is 1. The van der Waals surface area contributed by atoms with Crippen molar-refractivity contribution in [1.82, 2.24) is 9.88 Å². The van der Waals surface area contributed by atoms with Crippen LogP contribution in [0.1, 0.15) is 5.76 Å². The molecule has 0 aliphatic rings. The molecule has 2 aromatic carbocycles. The zero-order chi connectivity index (χ0) is 18.9. The van der Waals surface area contributed by atoms with Crippen molar-refractivity contribution in [2.75, 3.05) is 0 Å². The molecule has 0 saturated heterocycles. The summed E-state index contributed by atoms with van der Waals surface area (Å²) < 4.78 is 37.7. The molecule has 7 nitrogen and oxygen atoms in total. The number of fused-ring (bicyclic) bond motifs is 1. The minimum Gasteiger partial charge on any atom is -0.423 e. The fourth-order valence-corrected chi connectivity index (χ4v) is 3.64. The van der Waals surface area contributed by atoms with E-state index in [2.05, 4.69) is 9.88 Å². The van der Waals surface area contributed by atoms with E-state index in [0.717, 1.165) is 5.56 Å². The van der Waals surface area contributed by atoms with Crippen LogP contribution in [0.15, 0.2) is 85.4 Å². The van der Waals surface area contributed by atoms with Crippen molar-refractivity contribution in [3.8, 4) is 11.3 Å². The van der Waals surface area contributed by atoms with Crippen LogP contribution in [0, 0.1) is 0 Å². The van der Waals surface area contributed by atoms with Gasteiger partial charge in [0.15, 0.2) is 5.76 Å². The maximum absolute atomic E-state index is 12.5. The summed E-state index contributed by atoms with van der Waals surface area (Å²) in [6, 6.07) is 18.2. The highest BCUT2D eigenvalue weighted by molar-refractivity contribution is 7.89. The van der Waals surface area contributed by atoms with E-state index < -0.39 is 15.6 Å². The Kier molecular flexibility index (Phi) is 4.35. The van der Waals surface area contributed by atoms with Crippen molar-refractivity contribution in [2.45, 2.75) is 11.4 Å². The van der Waals surface area contributed by atoms with Gasteiger partial charge < -0.3 is 8.94 Å². The van der Waals surface area contributed by atoms with Crippen molar-refractivity contribution in [1.29, 1.82) is 0 Å². The summed E-state index contributed by atoms with van der Waals surface area (Å²) in [6.07, 6.45) is 0. The quantitative estimate of drug-likeness (QED) is 0.533. The Bertz CT molecular complexity index is 1260. The van der Waals surface area contributed by atoms with Crippen LogP contribution < -0.4 is 10.3 Å². The maximum atomic E-state index is 12.5. The van der Waals surface area contributed by atoms with Gasteiger partial charge in [-0.1, -0.05) is 35.5 Å². The molecule has 1 N–H and O–H groups in total. The average molecular weight is 382 g/mol. The number of sulfonamides is 1. The normalized spacial score (nSPS) is 11.7. The summed E-state index contributed by atoms with van der Waals surface area (Å²) in [7, 11) is -3.77. The highest BCUT2D eigenvalue weighted by Gasteiger charge is 2.16. The van der Waals surface area contributed by atoms with Crippen molar-refractivity contribution in [3.63, 3.8) is 0 Å². The fraction of sp³-hybridized carbons (Fsp3) is 0.0526. The van der Waals surface area contributed by atoms with Crippen LogP contribution >= 0.6 is 0 Å². The molecule has 2 heterocycles. The number of benzene rings is 2. The molecule has 0 unspecified atom stereocenters. The lowest BCUT2D eigenvalue weighted by Crippen LogP contribution is -2.23. The summed E-state index contributed by atoms with van der Waals surface area (Å²) in [5.74, 6) is 0.393. The van der Waals surface area contributed by atoms with Gasteiger partial charge in [0.1, 0.15) is 11.3 Å². The summed E-state index contributed by atoms with van der Waals surface area (Å²) in [5, 5.41) is 4.47. The molecule has 27 heavy (non-hydrogen) atoms. The number of hydrogen-bond acceptors (Lipinski definition) is 6. The second kappa shape index (κ2) is 6.82. The lowest BCUT2D eigenvalue weighted by atomic mass is 10.1. The first-order valence-corrected chi connectivity index (χ1v) is 9.54. The molecule has 136 valence electrons. The molecule has 0 spiro atoms. The third-order valence-corrected chi connectivity index (χ3v) is 5.36. The third-order valence-electron chi connectivity index (χ3n) is 3.97. The van der Waals surface area contributed by atoms with Gasteiger partial charge in [-0.15, -0.1) is 0 Å². The standard InChI is InChI=1S/C19H14N2O5S/c22-19-9-6-14-10-16(7-8-18(14)25-19)27(23,24)20-12-15-11-17(21-26-15)13-4-2-1-3-5-13/h1-11,20H,12H2. The Morgan fingerprint density at radius 2 is 1.78 bits per heavy atom. The Labute approximate surface area is 154 Å². The number of hydrogen-bond donors (Lipinski definition) is 1. The van der Waals surface area contributed by atoms with E-state index in [9.17, 15) is 13.2 Å². The van der Waals surface area contributed by atoms with Gasteiger partial charge in [0.2, 0.25) is 10.0 Å². The molecule has 0 aliphatic heterocycles. The van der Waals surface area contributed by atoms with Gasteiger partial charge >= 0.3 is 5.63 Å². The molecule has 0 bridgehead atoms. The van der Waals surface area contributed by atoms with Gasteiger partial charge in [0.05, 0.1) is 11.4 Å². The minimum absolute atomic E-state index is 0.0376. The van der Waals surface area contributed by atoms with E-state index in [0.29, 0.717) is 22.4 Å². The number of rotatable bonds is 5. The molecule has 4 rings (SSSR count). The Hall–Kier alpha value is -3.23. The zero-order valence-corrected chi connectivity index (χ0v) is 14.8. The first-order chi connectivity index (χ1) is 13.0. The maximum Gasteiger partial charge on any atom is 0.336 e. The average Bonchev–Trinajstić information content (AvgIpc) is 3.16. The molecule has 0 atom stereocenters. The van der Waals surface area contributed by atoms with Crippen LogP contribution in [0.2, 0.25) is 0 Å². The van der Waals surface area contributed by atoms with Gasteiger partial charge in [-0.2, -0.15) is 0 Å². The number of nitrogens with zero attached hydrogens (tertiary/aromatic N) is 1. The van der Waals surface area contributed by atoms with E-state index in [4.69, 9.17) is 8.94 Å². The third kappa shape index (κ3) is 3.67. The molecular formula is C19H14N2O5S. The highest BCUT2D eigenvalue weighted by atomic mass is 32.2. The first kappa shape index (κ1) is 17.2. The fourth-order valence-electron chi connectivity index (χ4n) is 2.61. The molecule has 0 saturated carbocycles. The van der Waals surface area contributed by atoms with Gasteiger partial charge in [0, 0.05) is 23.1 Å². The van der Waals surface area contributed by atoms with E-state index in [1.54, 1.807) is 6.07 Å². The van der Waals surface area contributed by atoms with Crippen LogP contribution in [-0.2, 0) is 16.6 Å². The van der Waals surface area contributed by atoms with Gasteiger partial charge in [-0.05, 0) is 24.3 Å². The van der Waals surface area contributed by atoms with Crippen LogP contribution in [0.25, 0.3) is 22.2 Å². The first-order valence-electron chi connectivity index (χ1n) is 8.06. The predicted molar refractivity (Wildman–Crippen MR) is 98.4 cm³/mol. The van der Waals surface area contributed by atoms with Crippen molar-refractivity contribution in [3.05, 3.63) is 82.9 Å². The monoisotopic (exact) mass is 382 g/mol. The van der Waals surface area contributed by atoms with Crippen molar-refractivity contribution in [2.24, 2.45) is 0 Å². The Morgan fingerprint density at radius 1 is 0.963 bits per heavy atom. The number of aromatic nitrogens is 1. The van der Waals surface area contributed by atoms with Crippen molar-refractivity contribution < 1.29 is 17.4 Å². The molecule has 0 fully saturated rings. The zero-order valence-electron chi connectivity index (χ0n) is 14.0. The summed E-state index contributed by atoms with van der Waals surface area (Å²) in [5.41, 5.74) is 1.34. The Balaban J connectivity index is 1.53. The Morgan fingerprint density at radius 3 is 2.59 bits per heavy atom. The second-order valence-electron chi connectivity index (χ2n) is 5.82. The van der Waals surface area contributed by atoms with Gasteiger partial charge in [-0.3, -0.25) is 0 Å². The van der Waals surface area contributed by atoms with Gasteiger partial charge in [-0.25, -0.2) is 17.9 Å². The molecule has 0 amide bonds.